The largest absolute Gasteiger partial charge is 0.449 e. The Morgan fingerprint density at radius 1 is 1.24 bits per heavy atom. The Kier molecular flexibility index (Phi) is 4.17. The minimum atomic E-state index is -0.472. The highest BCUT2D eigenvalue weighted by atomic mass is 35.5. The Morgan fingerprint density at radius 3 is 2.57 bits per heavy atom. The van der Waals surface area contributed by atoms with E-state index in [2.05, 4.69) is 17.5 Å². The van der Waals surface area contributed by atoms with Crippen LogP contribution in [0.1, 0.15) is 6.42 Å². The fraction of sp³-hybridized carbons (Fsp3) is 0.438. The van der Waals surface area contributed by atoms with Gasteiger partial charge >= 0.3 is 6.09 Å². The van der Waals surface area contributed by atoms with Crippen LogP contribution in [0.2, 0.25) is 5.02 Å². The zero-order chi connectivity index (χ0) is 14.8. The third-order valence-corrected chi connectivity index (χ3v) is 4.76. The molecule has 1 saturated carbocycles. The highest BCUT2D eigenvalue weighted by molar-refractivity contribution is 6.30. The van der Waals surface area contributed by atoms with Gasteiger partial charge in [0, 0.05) is 23.2 Å². The predicted molar refractivity (Wildman–Crippen MR) is 81.2 cm³/mol. The van der Waals surface area contributed by atoms with E-state index in [0.29, 0.717) is 29.2 Å². The van der Waals surface area contributed by atoms with Crippen LogP contribution in [-0.2, 0) is 4.74 Å². The normalized spacial score (nSPS) is 29.6. The number of halogens is 1. The van der Waals surface area contributed by atoms with Crippen LogP contribution in [0, 0.1) is 23.7 Å². The SMILES string of the molecule is O=C(Nc1ccc(Cl)cc1)OC[C@H]1[C@@H](CO)[C@H]2C=C[C@H]1C2. The lowest BCUT2D eigenvalue weighted by atomic mass is 9.84. The average molecular weight is 308 g/mol. The number of hydrogen-bond donors (Lipinski definition) is 2. The van der Waals surface area contributed by atoms with Crippen molar-refractivity contribution in [3.8, 4) is 0 Å². The summed E-state index contributed by atoms with van der Waals surface area (Å²) in [6, 6.07) is 6.86. The third-order valence-electron chi connectivity index (χ3n) is 4.51. The van der Waals surface area contributed by atoms with Crippen molar-refractivity contribution >= 4 is 23.4 Å². The maximum atomic E-state index is 11.8. The average Bonchev–Trinajstić information content (AvgIpc) is 3.08. The fourth-order valence-electron chi connectivity index (χ4n) is 3.40. The van der Waals surface area contributed by atoms with Crippen LogP contribution in [-0.4, -0.2) is 24.4 Å². The van der Waals surface area contributed by atoms with E-state index in [1.54, 1.807) is 24.3 Å². The Bertz CT molecular complexity index is 543. The number of amides is 1. The van der Waals surface area contributed by atoms with Crippen molar-refractivity contribution in [3.05, 3.63) is 41.4 Å². The zero-order valence-corrected chi connectivity index (χ0v) is 12.3. The smallest absolute Gasteiger partial charge is 0.411 e. The van der Waals surface area contributed by atoms with E-state index in [0.717, 1.165) is 6.42 Å². The lowest BCUT2D eigenvalue weighted by Gasteiger charge is -2.25. The molecule has 4 nitrogen and oxygen atoms in total. The Balaban J connectivity index is 1.52. The van der Waals surface area contributed by atoms with E-state index in [1.807, 2.05) is 0 Å². The number of hydrogen-bond acceptors (Lipinski definition) is 3. The minimum Gasteiger partial charge on any atom is -0.449 e. The molecule has 0 heterocycles. The molecule has 0 aliphatic heterocycles. The summed E-state index contributed by atoms with van der Waals surface area (Å²) in [4.78, 5) is 11.8. The van der Waals surface area contributed by atoms with Crippen LogP contribution in [0.4, 0.5) is 10.5 Å². The molecule has 0 saturated heterocycles. The molecule has 3 rings (SSSR count). The van der Waals surface area contributed by atoms with Gasteiger partial charge in [0.1, 0.15) is 0 Å². The van der Waals surface area contributed by atoms with Gasteiger partial charge in [-0.25, -0.2) is 4.79 Å². The number of carbonyl (C=O) groups excluding carboxylic acids is 1. The second kappa shape index (κ2) is 6.08. The monoisotopic (exact) mass is 307 g/mol. The van der Waals surface area contributed by atoms with Crippen LogP contribution in [0.15, 0.2) is 36.4 Å². The molecule has 1 fully saturated rings. The van der Waals surface area contributed by atoms with Crippen LogP contribution < -0.4 is 5.32 Å². The second-order valence-corrected chi connectivity index (χ2v) is 6.13. The molecular formula is C16H18ClNO3. The number of rotatable bonds is 4. The van der Waals surface area contributed by atoms with E-state index >= 15 is 0 Å². The Morgan fingerprint density at radius 2 is 1.90 bits per heavy atom. The van der Waals surface area contributed by atoms with Crippen LogP contribution in [0.25, 0.3) is 0 Å². The highest BCUT2D eigenvalue weighted by Crippen LogP contribution is 2.47. The molecule has 0 spiro atoms. The summed E-state index contributed by atoms with van der Waals surface area (Å²) < 4.78 is 5.32. The number of ether oxygens (including phenoxy) is 1. The van der Waals surface area contributed by atoms with Gasteiger partial charge in [0.2, 0.25) is 0 Å². The van der Waals surface area contributed by atoms with Crippen molar-refractivity contribution in [3.63, 3.8) is 0 Å². The molecule has 2 bridgehead atoms. The second-order valence-electron chi connectivity index (χ2n) is 5.69. The van der Waals surface area contributed by atoms with Crippen molar-refractivity contribution in [2.45, 2.75) is 6.42 Å². The third kappa shape index (κ3) is 3.06. The Hall–Kier alpha value is -1.52. The van der Waals surface area contributed by atoms with Gasteiger partial charge in [0.05, 0.1) is 6.61 Å². The highest BCUT2D eigenvalue weighted by Gasteiger charge is 2.44. The minimum absolute atomic E-state index is 0.151. The summed E-state index contributed by atoms with van der Waals surface area (Å²) in [5.41, 5.74) is 0.649. The summed E-state index contributed by atoms with van der Waals surface area (Å²) >= 11 is 5.79. The standard InChI is InChI=1S/C16H18ClNO3/c17-12-3-5-13(6-4-12)18-16(20)21-9-15-11-2-1-10(7-11)14(15)8-19/h1-6,10-11,14-15,19H,7-9H2,(H,18,20)/t10-,11-,14-,15+/m0/s1. The van der Waals surface area contributed by atoms with Gasteiger partial charge in [-0.05, 0) is 48.4 Å². The molecule has 2 aliphatic rings. The zero-order valence-electron chi connectivity index (χ0n) is 11.5. The van der Waals surface area contributed by atoms with Crippen molar-refractivity contribution in [2.75, 3.05) is 18.5 Å². The van der Waals surface area contributed by atoms with Gasteiger partial charge in [0.25, 0.3) is 0 Å². The molecule has 1 amide bonds. The van der Waals surface area contributed by atoms with Crippen molar-refractivity contribution in [1.29, 1.82) is 0 Å². The maximum Gasteiger partial charge on any atom is 0.411 e. The topological polar surface area (TPSA) is 58.6 Å². The van der Waals surface area contributed by atoms with Crippen molar-refractivity contribution in [2.24, 2.45) is 23.7 Å². The van der Waals surface area contributed by atoms with Gasteiger partial charge < -0.3 is 9.84 Å². The lowest BCUT2D eigenvalue weighted by molar-refractivity contribution is 0.0911. The molecule has 0 radical (unpaired) electrons. The summed E-state index contributed by atoms with van der Waals surface area (Å²) in [7, 11) is 0. The number of anilines is 1. The Labute approximate surface area is 128 Å². The fourth-order valence-corrected chi connectivity index (χ4v) is 3.53. The number of fused-ring (bicyclic) bond motifs is 2. The first-order valence-corrected chi connectivity index (χ1v) is 7.53. The molecule has 1 aromatic carbocycles. The molecule has 2 N–H and O–H groups in total. The number of carbonyl (C=O) groups is 1. The molecule has 21 heavy (non-hydrogen) atoms. The quantitative estimate of drug-likeness (QED) is 0.839. The van der Waals surface area contributed by atoms with Crippen molar-refractivity contribution < 1.29 is 14.6 Å². The van der Waals surface area contributed by atoms with E-state index in [-0.39, 0.29) is 18.4 Å². The molecule has 2 aliphatic carbocycles. The van der Waals surface area contributed by atoms with Gasteiger partial charge in [-0.15, -0.1) is 0 Å². The summed E-state index contributed by atoms with van der Waals surface area (Å²) in [5.74, 6) is 1.30. The summed E-state index contributed by atoms with van der Waals surface area (Å²) in [5, 5.41) is 12.8. The molecule has 0 unspecified atom stereocenters. The van der Waals surface area contributed by atoms with Gasteiger partial charge in [-0.3, -0.25) is 5.32 Å². The number of nitrogens with one attached hydrogen (secondary N) is 1. The van der Waals surface area contributed by atoms with Gasteiger partial charge in [-0.1, -0.05) is 23.8 Å². The molecule has 1 aromatic rings. The van der Waals surface area contributed by atoms with Crippen molar-refractivity contribution in [1.82, 2.24) is 0 Å². The van der Waals surface area contributed by atoms with Gasteiger partial charge in [0.15, 0.2) is 0 Å². The number of aliphatic hydroxyl groups is 1. The van der Waals surface area contributed by atoms with E-state index < -0.39 is 6.09 Å². The van der Waals surface area contributed by atoms with Crippen LogP contribution in [0.3, 0.4) is 0 Å². The first-order chi connectivity index (χ1) is 10.2. The summed E-state index contributed by atoms with van der Waals surface area (Å²) in [6.45, 7) is 0.495. The number of aliphatic hydroxyl groups excluding tert-OH is 1. The molecule has 4 atom stereocenters. The van der Waals surface area contributed by atoms with Gasteiger partial charge in [-0.2, -0.15) is 0 Å². The van der Waals surface area contributed by atoms with E-state index in [9.17, 15) is 9.90 Å². The molecular weight excluding hydrogens is 290 g/mol. The van der Waals surface area contributed by atoms with Crippen LogP contribution in [0.5, 0.6) is 0 Å². The molecule has 0 aromatic heterocycles. The molecule has 5 heteroatoms. The number of allylic oxidation sites excluding steroid dienone is 2. The molecule has 112 valence electrons. The predicted octanol–water partition coefficient (Wildman–Crippen LogP) is 3.32. The number of benzene rings is 1. The maximum absolute atomic E-state index is 11.8. The van der Waals surface area contributed by atoms with E-state index in [1.165, 1.54) is 0 Å². The van der Waals surface area contributed by atoms with E-state index in [4.69, 9.17) is 16.3 Å². The lowest BCUT2D eigenvalue weighted by Crippen LogP contribution is -2.29. The first kappa shape index (κ1) is 14.4. The van der Waals surface area contributed by atoms with Crippen LogP contribution >= 0.6 is 11.6 Å². The summed E-state index contributed by atoms with van der Waals surface area (Å²) in [6.07, 6.45) is 4.95. The first-order valence-electron chi connectivity index (χ1n) is 7.16.